The highest BCUT2D eigenvalue weighted by molar-refractivity contribution is 7.55. The highest BCUT2D eigenvalue weighted by Crippen LogP contribution is 2.54. The molecule has 2 heterocycles. The molecule has 0 fully saturated rings. The van der Waals surface area contributed by atoms with Gasteiger partial charge in [0.1, 0.15) is 17.0 Å². The Labute approximate surface area is 205 Å². The molecular weight excluding hydrogens is 485 g/mol. The lowest BCUT2D eigenvalue weighted by molar-refractivity contribution is -0.154. The van der Waals surface area contributed by atoms with Crippen LogP contribution in [0, 0.1) is 0 Å². The van der Waals surface area contributed by atoms with Crippen molar-refractivity contribution in [3.63, 3.8) is 0 Å². The first-order valence-electron chi connectivity index (χ1n) is 11.3. The monoisotopic (exact) mass is 517 g/mol. The van der Waals surface area contributed by atoms with Gasteiger partial charge in [-0.05, 0) is 41.0 Å². The van der Waals surface area contributed by atoms with E-state index in [-0.39, 0.29) is 42.1 Å². The average molecular weight is 518 g/mol. The van der Waals surface area contributed by atoms with E-state index in [9.17, 15) is 9.36 Å². The first-order valence-corrected chi connectivity index (χ1v) is 13.2. The van der Waals surface area contributed by atoms with Crippen molar-refractivity contribution in [2.45, 2.75) is 72.1 Å². The van der Waals surface area contributed by atoms with Crippen molar-refractivity contribution in [2.24, 2.45) is 0 Å². The van der Waals surface area contributed by atoms with E-state index in [2.05, 4.69) is 22.0 Å². The number of hydrogen-bond acceptors (Lipinski definition) is 10. The van der Waals surface area contributed by atoms with Gasteiger partial charge in [0.2, 0.25) is 11.7 Å². The molecule has 10 nitrogen and oxygen atoms in total. The van der Waals surface area contributed by atoms with E-state index in [0.717, 1.165) is 12.8 Å². The van der Waals surface area contributed by atoms with Crippen LogP contribution >= 0.6 is 19.2 Å². The smallest absolute Gasteiger partial charge is 0.345 e. The lowest BCUT2D eigenvalue weighted by Gasteiger charge is -2.27. The Kier molecular flexibility index (Phi) is 10.5. The summed E-state index contributed by atoms with van der Waals surface area (Å²) >= 11 is 6.35. The van der Waals surface area contributed by atoms with E-state index in [0.29, 0.717) is 12.4 Å². The number of halogens is 1. The van der Waals surface area contributed by atoms with Crippen LogP contribution in [0.2, 0.25) is 5.02 Å². The third-order valence-corrected chi connectivity index (χ3v) is 6.99. The van der Waals surface area contributed by atoms with Crippen molar-refractivity contribution in [1.29, 1.82) is 0 Å². The summed E-state index contributed by atoms with van der Waals surface area (Å²) in [6, 6.07) is 1.62. The van der Waals surface area contributed by atoms with Crippen molar-refractivity contribution in [1.82, 2.24) is 15.1 Å². The molecule has 0 radical (unpaired) electrons. The van der Waals surface area contributed by atoms with E-state index >= 15 is 0 Å². The van der Waals surface area contributed by atoms with Gasteiger partial charge < -0.3 is 23.0 Å². The molecule has 2 aromatic heterocycles. The van der Waals surface area contributed by atoms with Gasteiger partial charge in [-0.1, -0.05) is 30.1 Å². The van der Waals surface area contributed by atoms with Crippen LogP contribution in [0.1, 0.15) is 60.3 Å². The number of carbonyl (C=O) groups is 1. The van der Waals surface area contributed by atoms with Gasteiger partial charge in [0.05, 0.1) is 37.5 Å². The molecule has 0 aliphatic carbocycles. The Bertz CT molecular complexity index is 983. The van der Waals surface area contributed by atoms with E-state index in [4.69, 9.17) is 34.6 Å². The molecule has 0 saturated heterocycles. The summed E-state index contributed by atoms with van der Waals surface area (Å²) in [5, 5.41) is 4.19. The second-order valence-corrected chi connectivity index (χ2v) is 11.0. The molecule has 0 bridgehead atoms. The molecule has 190 valence electrons. The number of ether oxygens (including phenoxy) is 2. The van der Waals surface area contributed by atoms with Crippen molar-refractivity contribution in [3.8, 4) is 17.3 Å². The number of pyridine rings is 1. The van der Waals surface area contributed by atoms with Gasteiger partial charge in [-0.3, -0.25) is 9.36 Å². The number of aromatic nitrogens is 3. The molecular formula is C22H33ClN3O7P. The molecule has 0 amide bonds. The predicted octanol–water partition coefficient (Wildman–Crippen LogP) is 5.48. The zero-order chi connectivity index (χ0) is 25.4. The molecule has 0 aliphatic rings. The molecule has 2 aromatic rings. The summed E-state index contributed by atoms with van der Waals surface area (Å²) in [4.78, 5) is 21.5. The van der Waals surface area contributed by atoms with Crippen molar-refractivity contribution < 1.29 is 32.4 Å². The molecule has 0 N–H and O–H groups in total. The van der Waals surface area contributed by atoms with E-state index in [1.54, 1.807) is 40.7 Å². The lowest BCUT2D eigenvalue weighted by atomic mass is 10.2. The largest absolute Gasteiger partial charge is 0.492 e. The minimum absolute atomic E-state index is 0.0339. The van der Waals surface area contributed by atoms with E-state index in [1.165, 1.54) is 6.20 Å². The normalized spacial score (nSPS) is 13.0. The average Bonchev–Trinajstić information content (AvgIpc) is 3.20. The van der Waals surface area contributed by atoms with Crippen LogP contribution in [0.15, 0.2) is 16.8 Å². The maximum absolute atomic E-state index is 13.4. The number of nitrogens with zero attached hydrogens (tertiary/aromatic N) is 3. The summed E-state index contributed by atoms with van der Waals surface area (Å²) in [5.41, 5.74) is -1.82. The fourth-order valence-corrected chi connectivity index (χ4v) is 4.95. The third-order valence-electron chi connectivity index (χ3n) is 4.31. The maximum atomic E-state index is 13.4. The summed E-state index contributed by atoms with van der Waals surface area (Å²) in [7, 11) is -3.89. The van der Waals surface area contributed by atoms with Gasteiger partial charge in [0, 0.05) is 6.07 Å². The SMILES string of the molecule is CCCCOc1cnc(-c2noc(CC(C(=O)OC(C)(C)C)P(=O)(OCC)OCC)n2)c(Cl)c1. The molecule has 1 atom stereocenters. The standard InChI is InChI=1S/C22H33ClN3O7P/c1-7-10-11-29-15-12-16(23)19(24-14-15)20-25-18(33-26-20)13-17(21(27)32-22(4,5)6)34(28,30-8-2)31-9-3/h12,14,17H,7-11,13H2,1-6H3. The fourth-order valence-electron chi connectivity index (χ4n) is 2.87. The lowest BCUT2D eigenvalue weighted by Crippen LogP contribution is -2.34. The second kappa shape index (κ2) is 12.6. The Hall–Kier alpha value is -2.00. The number of rotatable bonds is 13. The summed E-state index contributed by atoms with van der Waals surface area (Å²) in [6.07, 6.45) is 3.23. The Morgan fingerprint density at radius 2 is 1.88 bits per heavy atom. The molecule has 1 unspecified atom stereocenters. The van der Waals surface area contributed by atoms with Crippen LogP contribution in [0.3, 0.4) is 0 Å². The van der Waals surface area contributed by atoms with Crippen molar-refractivity contribution >= 4 is 25.2 Å². The highest BCUT2D eigenvalue weighted by Gasteiger charge is 2.44. The summed E-state index contributed by atoms with van der Waals surface area (Å²) in [6.45, 7) is 11.2. The van der Waals surface area contributed by atoms with Crippen LogP contribution in [0.5, 0.6) is 5.75 Å². The topological polar surface area (TPSA) is 123 Å². The molecule has 0 aromatic carbocycles. The van der Waals surface area contributed by atoms with Crippen molar-refractivity contribution in [3.05, 3.63) is 23.2 Å². The van der Waals surface area contributed by atoms with Crippen LogP contribution < -0.4 is 4.74 Å². The van der Waals surface area contributed by atoms with Gasteiger partial charge in [-0.25, -0.2) is 4.98 Å². The maximum Gasteiger partial charge on any atom is 0.345 e. The number of unbranched alkanes of at least 4 members (excludes halogenated alkanes) is 1. The van der Waals surface area contributed by atoms with Gasteiger partial charge in [-0.15, -0.1) is 0 Å². The predicted molar refractivity (Wildman–Crippen MR) is 127 cm³/mol. The van der Waals surface area contributed by atoms with Crippen LogP contribution in [-0.4, -0.2) is 52.2 Å². The minimum Gasteiger partial charge on any atom is -0.492 e. The molecule has 0 saturated carbocycles. The van der Waals surface area contributed by atoms with Gasteiger partial charge in [0.25, 0.3) is 0 Å². The first kappa shape index (κ1) is 28.2. The minimum atomic E-state index is -3.89. The van der Waals surface area contributed by atoms with Gasteiger partial charge >= 0.3 is 13.6 Å². The Balaban J connectivity index is 2.29. The molecule has 34 heavy (non-hydrogen) atoms. The Morgan fingerprint density at radius 3 is 2.44 bits per heavy atom. The van der Waals surface area contributed by atoms with Crippen LogP contribution in [0.4, 0.5) is 0 Å². The zero-order valence-electron chi connectivity index (χ0n) is 20.5. The highest BCUT2D eigenvalue weighted by atomic mass is 35.5. The van der Waals surface area contributed by atoms with E-state index < -0.39 is 24.8 Å². The number of carbonyl (C=O) groups excluding carboxylic acids is 1. The van der Waals surface area contributed by atoms with E-state index in [1.807, 2.05) is 0 Å². The van der Waals surface area contributed by atoms with Gasteiger partial charge in [0.15, 0.2) is 5.66 Å². The number of hydrogen-bond donors (Lipinski definition) is 0. The summed E-state index contributed by atoms with van der Waals surface area (Å²) < 4.78 is 40.6. The second-order valence-electron chi connectivity index (χ2n) is 8.34. The zero-order valence-corrected chi connectivity index (χ0v) is 22.1. The Morgan fingerprint density at radius 1 is 1.21 bits per heavy atom. The fraction of sp³-hybridized carbons (Fsp3) is 0.636. The summed E-state index contributed by atoms with van der Waals surface area (Å²) in [5.74, 6) is -0.0650. The molecule has 2 rings (SSSR count). The molecule has 12 heteroatoms. The quantitative estimate of drug-likeness (QED) is 0.191. The van der Waals surface area contributed by atoms with Crippen LogP contribution in [0.25, 0.3) is 11.5 Å². The number of esters is 1. The van der Waals surface area contributed by atoms with Crippen molar-refractivity contribution in [2.75, 3.05) is 19.8 Å². The first-order chi connectivity index (χ1) is 16.0. The molecule has 0 spiro atoms. The van der Waals surface area contributed by atoms with Crippen LogP contribution in [-0.2, 0) is 29.6 Å². The third kappa shape index (κ3) is 8.05. The molecule has 0 aliphatic heterocycles. The van der Waals surface area contributed by atoms with Gasteiger partial charge in [-0.2, -0.15) is 4.98 Å².